The first-order valence-electron chi connectivity index (χ1n) is 12.6. The molecule has 0 aromatic carbocycles. The summed E-state index contributed by atoms with van der Waals surface area (Å²) in [5.41, 5.74) is 0. The fraction of sp³-hybridized carbons (Fsp3) is 0.909. The van der Waals surface area contributed by atoms with Gasteiger partial charge in [0.15, 0.2) is 18.9 Å². The molecular weight excluding hydrogens is 548 g/mol. The molecule has 18 heteroatoms. The number of ether oxygens (including phenoxy) is 5. The molecule has 0 bridgehead atoms. The highest BCUT2D eigenvalue weighted by atomic mass is 16.7. The van der Waals surface area contributed by atoms with Crippen molar-refractivity contribution in [2.24, 2.45) is 0 Å². The van der Waals surface area contributed by atoms with Crippen LogP contribution in [0.5, 0.6) is 0 Å². The molecule has 3 aliphatic rings. The van der Waals surface area contributed by atoms with Gasteiger partial charge < -0.3 is 80.3 Å². The van der Waals surface area contributed by atoms with Crippen LogP contribution in [0.15, 0.2) is 0 Å². The predicted molar refractivity (Wildman–Crippen MR) is 124 cm³/mol. The Hall–Kier alpha value is -1.62. The first-order chi connectivity index (χ1) is 18.8. The average molecular weight is 587 g/mol. The van der Waals surface area contributed by atoms with Crippen molar-refractivity contribution in [2.75, 3.05) is 19.8 Å². The van der Waals surface area contributed by atoms with Gasteiger partial charge in [-0.1, -0.05) is 0 Å². The molecule has 3 heterocycles. The zero-order valence-corrected chi connectivity index (χ0v) is 21.7. The normalized spacial score (nSPS) is 46.0. The van der Waals surface area contributed by atoms with E-state index in [-0.39, 0.29) is 0 Å². The third-order valence-corrected chi connectivity index (χ3v) is 6.90. The lowest BCUT2D eigenvalue weighted by molar-refractivity contribution is -0.369. The highest BCUT2D eigenvalue weighted by molar-refractivity contribution is 5.73. The Morgan fingerprint density at radius 1 is 0.600 bits per heavy atom. The molecule has 40 heavy (non-hydrogen) atoms. The van der Waals surface area contributed by atoms with Crippen molar-refractivity contribution in [3.8, 4) is 0 Å². The number of carbonyl (C=O) groups excluding carboxylic acids is 2. The van der Waals surface area contributed by atoms with E-state index in [2.05, 4.69) is 10.6 Å². The summed E-state index contributed by atoms with van der Waals surface area (Å²) in [6.07, 6.45) is -21.3. The van der Waals surface area contributed by atoms with E-state index in [1.54, 1.807) is 0 Å². The predicted octanol–water partition coefficient (Wildman–Crippen LogP) is -7.29. The lowest BCUT2D eigenvalue weighted by Gasteiger charge is -2.49. The van der Waals surface area contributed by atoms with Gasteiger partial charge in [-0.2, -0.15) is 0 Å². The zero-order chi connectivity index (χ0) is 29.9. The van der Waals surface area contributed by atoms with Crippen LogP contribution < -0.4 is 10.6 Å². The highest BCUT2D eigenvalue weighted by Crippen LogP contribution is 2.32. The van der Waals surface area contributed by atoms with E-state index >= 15 is 0 Å². The quantitative estimate of drug-likeness (QED) is 0.120. The molecule has 0 aromatic heterocycles. The molecule has 0 spiro atoms. The zero-order valence-electron chi connectivity index (χ0n) is 21.7. The van der Waals surface area contributed by atoms with Crippen LogP contribution in [0.1, 0.15) is 13.8 Å². The molecule has 3 fully saturated rings. The number of amides is 2. The summed E-state index contributed by atoms with van der Waals surface area (Å²) in [6.45, 7) is -0.114. The number of aliphatic hydroxyl groups is 9. The second-order valence-electron chi connectivity index (χ2n) is 9.81. The molecule has 0 unspecified atom stereocenters. The minimum Gasteiger partial charge on any atom is -0.394 e. The first-order valence-corrected chi connectivity index (χ1v) is 12.6. The maximum atomic E-state index is 11.7. The fourth-order valence-electron chi connectivity index (χ4n) is 4.86. The second-order valence-corrected chi connectivity index (χ2v) is 9.81. The molecule has 0 radical (unpaired) electrons. The van der Waals surface area contributed by atoms with E-state index in [1.165, 1.54) is 0 Å². The molecule has 232 valence electrons. The number of rotatable bonds is 9. The van der Waals surface area contributed by atoms with Crippen molar-refractivity contribution < 1.29 is 79.2 Å². The van der Waals surface area contributed by atoms with Crippen molar-refractivity contribution >= 4 is 11.8 Å². The molecule has 15 atom stereocenters. The topological polar surface area (TPSA) is 286 Å². The first kappa shape index (κ1) is 32.9. The van der Waals surface area contributed by atoms with Gasteiger partial charge in [-0.3, -0.25) is 9.59 Å². The Labute approximate surface area is 228 Å². The lowest BCUT2D eigenvalue weighted by Crippen LogP contribution is -2.69. The number of carbonyl (C=O) groups is 2. The lowest BCUT2D eigenvalue weighted by atomic mass is 9.94. The number of nitrogens with one attached hydrogen (secondary N) is 2. The Kier molecular flexibility index (Phi) is 11.5. The maximum Gasteiger partial charge on any atom is 0.217 e. The molecule has 0 aromatic rings. The van der Waals surface area contributed by atoms with Gasteiger partial charge in [0, 0.05) is 13.8 Å². The summed E-state index contributed by atoms with van der Waals surface area (Å²) in [5.74, 6) is -1.31. The third-order valence-electron chi connectivity index (χ3n) is 6.90. The molecule has 3 aliphatic heterocycles. The summed E-state index contributed by atoms with van der Waals surface area (Å²) >= 11 is 0. The maximum absolute atomic E-state index is 11.7. The molecule has 18 nitrogen and oxygen atoms in total. The van der Waals surface area contributed by atoms with Crippen molar-refractivity contribution in [3.05, 3.63) is 0 Å². The van der Waals surface area contributed by atoms with Crippen LogP contribution in [0.3, 0.4) is 0 Å². The summed E-state index contributed by atoms with van der Waals surface area (Å²) < 4.78 is 27.7. The van der Waals surface area contributed by atoms with E-state index < -0.39 is 124 Å². The molecule has 3 saturated heterocycles. The van der Waals surface area contributed by atoms with E-state index in [9.17, 15) is 55.5 Å². The van der Waals surface area contributed by atoms with E-state index in [0.29, 0.717) is 0 Å². The summed E-state index contributed by atoms with van der Waals surface area (Å²) in [7, 11) is 0. The van der Waals surface area contributed by atoms with Gasteiger partial charge in [-0.05, 0) is 0 Å². The molecule has 0 saturated carbocycles. The summed E-state index contributed by atoms with van der Waals surface area (Å²) in [6, 6.07) is -2.85. The van der Waals surface area contributed by atoms with Crippen LogP contribution in [0.25, 0.3) is 0 Å². The number of hydrogen-bond acceptors (Lipinski definition) is 16. The SMILES string of the molecule is CC(=O)N[C@H]1[C@H](O[C@H]2[C@@H](O)[C@H](O[C@@H]3O[C@H](CO)[C@@H](O)[C@H](O)[C@H]3NC(C)=O)[C@@H](CO)O[C@H]2O)O[C@H](CO)[C@@H](O)[C@@H]1O. The molecule has 0 aliphatic carbocycles. The molecule has 2 amide bonds. The van der Waals surface area contributed by atoms with E-state index in [0.717, 1.165) is 13.8 Å². The van der Waals surface area contributed by atoms with Crippen molar-refractivity contribution in [2.45, 2.75) is 106 Å². The van der Waals surface area contributed by atoms with Crippen LogP contribution in [-0.2, 0) is 33.3 Å². The van der Waals surface area contributed by atoms with E-state index in [4.69, 9.17) is 23.7 Å². The van der Waals surface area contributed by atoms with Gasteiger partial charge in [0.05, 0.1) is 19.8 Å². The molecule has 11 N–H and O–H groups in total. The largest absolute Gasteiger partial charge is 0.394 e. The average Bonchev–Trinajstić information content (AvgIpc) is 2.90. The third kappa shape index (κ3) is 7.05. The van der Waals surface area contributed by atoms with Crippen LogP contribution in [0.4, 0.5) is 0 Å². The van der Waals surface area contributed by atoms with Crippen molar-refractivity contribution in [1.29, 1.82) is 0 Å². The number of hydrogen-bond donors (Lipinski definition) is 11. The number of aliphatic hydroxyl groups excluding tert-OH is 9. The van der Waals surface area contributed by atoms with Crippen LogP contribution in [0.2, 0.25) is 0 Å². The Bertz CT molecular complexity index is 854. The Morgan fingerprint density at radius 3 is 1.38 bits per heavy atom. The summed E-state index contributed by atoms with van der Waals surface area (Å²) in [4.78, 5) is 23.4. The monoisotopic (exact) mass is 586 g/mol. The minimum absolute atomic E-state index is 0.649. The highest BCUT2D eigenvalue weighted by Gasteiger charge is 2.54. The van der Waals surface area contributed by atoms with Gasteiger partial charge >= 0.3 is 0 Å². The van der Waals surface area contributed by atoms with Gasteiger partial charge in [-0.15, -0.1) is 0 Å². The minimum atomic E-state index is -1.94. The van der Waals surface area contributed by atoms with Crippen molar-refractivity contribution in [1.82, 2.24) is 10.6 Å². The van der Waals surface area contributed by atoms with Crippen LogP contribution >= 0.6 is 0 Å². The van der Waals surface area contributed by atoms with Crippen molar-refractivity contribution in [3.63, 3.8) is 0 Å². The standard InChI is InChI=1S/C22H38N2O16/c1-6(28)23-11-15(32)13(30)8(3-25)37-21(11)39-18-10(5-27)36-20(35)19(17(18)34)40-22-12(24-7(2)29)16(33)14(31)9(4-26)38-22/h8-22,25-27,30-35H,3-5H2,1-2H3,(H,23,28)(H,24,29)/t8-,9-,10-,11-,12-,13-,14-,15-,16-,17+,18-,19+,20-,21+,22+/m1/s1. The van der Waals surface area contributed by atoms with Gasteiger partial charge in [0.2, 0.25) is 11.8 Å². The molecular formula is C22H38N2O16. The van der Waals surface area contributed by atoms with E-state index in [1.807, 2.05) is 0 Å². The molecule has 3 rings (SSSR count). The van der Waals surface area contributed by atoms with Gasteiger partial charge in [-0.25, -0.2) is 0 Å². The second kappa shape index (κ2) is 14.0. The van der Waals surface area contributed by atoms with Crippen LogP contribution in [0, 0.1) is 0 Å². The smallest absolute Gasteiger partial charge is 0.217 e. The Balaban J connectivity index is 1.86. The summed E-state index contributed by atoms with van der Waals surface area (Å²) in [5, 5.41) is 96.7. The fourth-order valence-corrected chi connectivity index (χ4v) is 4.86. The van der Waals surface area contributed by atoms with Gasteiger partial charge in [0.1, 0.15) is 73.1 Å². The van der Waals surface area contributed by atoms with Crippen LogP contribution in [-0.4, -0.2) is 170 Å². The van der Waals surface area contributed by atoms with Gasteiger partial charge in [0.25, 0.3) is 0 Å². The Morgan fingerprint density at radius 2 is 1.00 bits per heavy atom.